The van der Waals surface area contributed by atoms with Gasteiger partial charge >= 0.3 is 5.63 Å². The number of amides is 1. The van der Waals surface area contributed by atoms with E-state index in [-0.39, 0.29) is 12.5 Å². The van der Waals surface area contributed by atoms with Crippen molar-refractivity contribution in [1.82, 2.24) is 4.90 Å². The number of aryl methyl sites for hydroxylation is 1. The molecular weight excluding hydrogens is 494 g/mol. The Labute approximate surface area is 219 Å². The zero-order valence-electron chi connectivity index (χ0n) is 20.7. The van der Waals surface area contributed by atoms with Crippen LogP contribution in [0.3, 0.4) is 0 Å². The van der Waals surface area contributed by atoms with Crippen molar-refractivity contribution in [3.63, 3.8) is 0 Å². The summed E-state index contributed by atoms with van der Waals surface area (Å²) in [6.07, 6.45) is 0.652. The molecule has 37 heavy (non-hydrogen) atoms. The molecule has 0 unspecified atom stereocenters. The Bertz CT molecular complexity index is 1550. The summed E-state index contributed by atoms with van der Waals surface area (Å²) in [5.41, 5.74) is 3.35. The number of fused-ring (bicyclic) bond motifs is 2. The average Bonchev–Trinajstić information content (AvgIpc) is 2.90. The fourth-order valence-corrected chi connectivity index (χ4v) is 5.00. The molecule has 1 aromatic heterocycles. The summed E-state index contributed by atoms with van der Waals surface area (Å²) in [5.74, 6) is 1.60. The van der Waals surface area contributed by atoms with Gasteiger partial charge in [-0.25, -0.2) is 4.79 Å². The van der Waals surface area contributed by atoms with Gasteiger partial charge in [0.2, 0.25) is 0 Å². The third-order valence-electron chi connectivity index (χ3n) is 6.67. The molecule has 1 amide bonds. The summed E-state index contributed by atoms with van der Waals surface area (Å²) in [7, 11) is 3.18. The van der Waals surface area contributed by atoms with Crippen LogP contribution in [-0.4, -0.2) is 38.2 Å². The minimum Gasteiger partial charge on any atom is -0.493 e. The quantitative estimate of drug-likeness (QED) is 0.309. The number of methoxy groups -OCH3 is 2. The highest BCUT2D eigenvalue weighted by Gasteiger charge is 2.33. The Kier molecular flexibility index (Phi) is 6.80. The molecule has 190 valence electrons. The van der Waals surface area contributed by atoms with Gasteiger partial charge in [0.15, 0.2) is 11.5 Å². The van der Waals surface area contributed by atoms with E-state index in [1.54, 1.807) is 49.5 Å². The lowest BCUT2D eigenvalue weighted by Gasteiger charge is -2.37. The first-order valence-electron chi connectivity index (χ1n) is 11.9. The van der Waals surface area contributed by atoms with Crippen molar-refractivity contribution in [2.24, 2.45) is 0 Å². The molecule has 0 saturated carbocycles. The van der Waals surface area contributed by atoms with Crippen LogP contribution in [-0.2, 0) is 6.42 Å². The largest absolute Gasteiger partial charge is 0.493 e. The highest BCUT2D eigenvalue weighted by molar-refractivity contribution is 6.31. The van der Waals surface area contributed by atoms with E-state index in [9.17, 15) is 9.59 Å². The fraction of sp³-hybridized carbons (Fsp3) is 0.241. The summed E-state index contributed by atoms with van der Waals surface area (Å²) in [6.45, 7) is 2.53. The van der Waals surface area contributed by atoms with Crippen molar-refractivity contribution < 1.29 is 23.4 Å². The SMILES string of the molecule is COc1cc2c(cc1OC)[C@@H](COc1ccc3c(C)cc(=O)oc3c1)N(C(=O)c1cccc(Cl)c1)CC2. The van der Waals surface area contributed by atoms with Gasteiger partial charge in [0.05, 0.1) is 20.3 Å². The smallest absolute Gasteiger partial charge is 0.336 e. The van der Waals surface area contributed by atoms with Crippen LogP contribution in [0.1, 0.15) is 33.1 Å². The summed E-state index contributed by atoms with van der Waals surface area (Å²) in [6, 6.07) is 17.2. The van der Waals surface area contributed by atoms with E-state index >= 15 is 0 Å². The predicted octanol–water partition coefficient (Wildman–Crippen LogP) is 5.59. The molecule has 3 aromatic carbocycles. The summed E-state index contributed by atoms with van der Waals surface area (Å²) >= 11 is 6.17. The first-order valence-corrected chi connectivity index (χ1v) is 12.2. The molecule has 8 heteroatoms. The maximum Gasteiger partial charge on any atom is 0.336 e. The summed E-state index contributed by atoms with van der Waals surface area (Å²) < 4.78 is 22.6. The van der Waals surface area contributed by atoms with Crippen LogP contribution in [0.2, 0.25) is 5.02 Å². The molecule has 2 heterocycles. The van der Waals surface area contributed by atoms with Crippen LogP contribution in [0, 0.1) is 6.92 Å². The maximum absolute atomic E-state index is 13.6. The van der Waals surface area contributed by atoms with Gasteiger partial charge in [-0.05, 0) is 72.5 Å². The van der Waals surface area contributed by atoms with Crippen LogP contribution in [0.25, 0.3) is 11.0 Å². The fourth-order valence-electron chi connectivity index (χ4n) is 4.81. The van der Waals surface area contributed by atoms with E-state index in [1.165, 1.54) is 6.07 Å². The molecule has 0 saturated heterocycles. The van der Waals surface area contributed by atoms with Crippen molar-refractivity contribution in [3.05, 3.63) is 98.4 Å². The van der Waals surface area contributed by atoms with E-state index in [4.69, 9.17) is 30.2 Å². The average molecular weight is 520 g/mol. The third kappa shape index (κ3) is 4.87. The normalized spacial score (nSPS) is 14.8. The first kappa shape index (κ1) is 24.7. The third-order valence-corrected chi connectivity index (χ3v) is 6.90. The molecule has 0 spiro atoms. The van der Waals surface area contributed by atoms with Gasteiger partial charge in [-0.2, -0.15) is 0 Å². The topological polar surface area (TPSA) is 78.2 Å². The van der Waals surface area contributed by atoms with E-state index in [1.807, 2.05) is 31.2 Å². The van der Waals surface area contributed by atoms with Crippen molar-refractivity contribution in [1.29, 1.82) is 0 Å². The second kappa shape index (κ2) is 10.2. The van der Waals surface area contributed by atoms with Crippen LogP contribution in [0.4, 0.5) is 0 Å². The molecule has 0 fully saturated rings. The first-order chi connectivity index (χ1) is 17.9. The van der Waals surface area contributed by atoms with Gasteiger partial charge in [-0.1, -0.05) is 17.7 Å². The van der Waals surface area contributed by atoms with Crippen molar-refractivity contribution >= 4 is 28.5 Å². The van der Waals surface area contributed by atoms with E-state index in [2.05, 4.69) is 0 Å². The van der Waals surface area contributed by atoms with Crippen LogP contribution < -0.4 is 19.8 Å². The number of halogens is 1. The number of hydrogen-bond donors (Lipinski definition) is 0. The zero-order valence-corrected chi connectivity index (χ0v) is 21.5. The minimum atomic E-state index is -0.414. The highest BCUT2D eigenvalue weighted by Crippen LogP contribution is 2.39. The second-order valence-corrected chi connectivity index (χ2v) is 9.33. The Morgan fingerprint density at radius 2 is 1.84 bits per heavy atom. The Hall–Kier alpha value is -3.97. The zero-order chi connectivity index (χ0) is 26.1. The van der Waals surface area contributed by atoms with Crippen LogP contribution in [0.15, 0.2) is 69.9 Å². The van der Waals surface area contributed by atoms with Crippen LogP contribution in [0.5, 0.6) is 17.2 Å². The molecule has 5 rings (SSSR count). The molecule has 1 aliphatic heterocycles. The Morgan fingerprint density at radius 3 is 2.59 bits per heavy atom. The molecule has 0 radical (unpaired) electrons. The highest BCUT2D eigenvalue weighted by atomic mass is 35.5. The number of rotatable bonds is 6. The van der Waals surface area contributed by atoms with Crippen molar-refractivity contribution in [2.45, 2.75) is 19.4 Å². The standard InChI is InChI=1S/C29H26ClNO6/c1-17-11-28(32)37-25-14-21(7-8-22(17)25)36-16-24-23-15-27(35-3)26(34-2)13-18(23)9-10-31(24)29(33)19-5-4-6-20(30)12-19/h4-8,11-15,24H,9-10,16H2,1-3H3/t24-/m1/s1. The second-order valence-electron chi connectivity index (χ2n) is 8.90. The van der Waals surface area contributed by atoms with Crippen molar-refractivity contribution in [2.75, 3.05) is 27.4 Å². The number of hydrogen-bond acceptors (Lipinski definition) is 6. The monoisotopic (exact) mass is 519 g/mol. The maximum atomic E-state index is 13.6. The van der Waals surface area contributed by atoms with E-state index < -0.39 is 11.7 Å². The number of benzene rings is 3. The number of carbonyl (C=O) groups is 1. The number of nitrogens with zero attached hydrogens (tertiary/aromatic N) is 1. The van der Waals surface area contributed by atoms with Gasteiger partial charge in [0.25, 0.3) is 5.91 Å². The van der Waals surface area contributed by atoms with E-state index in [0.717, 1.165) is 22.1 Å². The molecule has 7 nitrogen and oxygen atoms in total. The lowest BCUT2D eigenvalue weighted by molar-refractivity contribution is 0.0589. The Morgan fingerprint density at radius 1 is 1.05 bits per heavy atom. The van der Waals surface area contributed by atoms with Crippen LogP contribution >= 0.6 is 11.6 Å². The van der Waals surface area contributed by atoms with Gasteiger partial charge < -0.3 is 23.5 Å². The lowest BCUT2D eigenvalue weighted by Crippen LogP contribution is -2.42. The van der Waals surface area contributed by atoms with E-state index in [0.29, 0.717) is 46.4 Å². The molecule has 0 aliphatic carbocycles. The summed E-state index contributed by atoms with van der Waals surface area (Å²) in [4.78, 5) is 27.3. The molecule has 0 N–H and O–H groups in total. The van der Waals surface area contributed by atoms with Gasteiger partial charge in [-0.15, -0.1) is 0 Å². The number of carbonyl (C=O) groups excluding carboxylic acids is 1. The molecule has 1 atom stereocenters. The van der Waals surface area contributed by atoms with Gasteiger partial charge in [0.1, 0.15) is 17.9 Å². The minimum absolute atomic E-state index is 0.142. The van der Waals surface area contributed by atoms with Gasteiger partial charge in [-0.3, -0.25) is 4.79 Å². The molecule has 1 aliphatic rings. The Balaban J connectivity index is 1.52. The van der Waals surface area contributed by atoms with Crippen molar-refractivity contribution in [3.8, 4) is 17.2 Å². The molecule has 0 bridgehead atoms. The summed E-state index contributed by atoms with van der Waals surface area (Å²) in [5, 5.41) is 1.33. The number of ether oxygens (including phenoxy) is 3. The molecule has 4 aromatic rings. The molecular formula is C29H26ClNO6. The predicted molar refractivity (Wildman–Crippen MR) is 141 cm³/mol. The lowest BCUT2D eigenvalue weighted by atomic mass is 9.91. The van der Waals surface area contributed by atoms with Gasteiger partial charge in [0, 0.05) is 34.6 Å².